The normalized spacial score (nSPS) is 11.7. The molecule has 24 heavy (non-hydrogen) atoms. The summed E-state index contributed by atoms with van der Waals surface area (Å²) in [7, 11) is 0. The zero-order chi connectivity index (χ0) is 16.9. The number of phenols is 1. The first-order valence-electron chi connectivity index (χ1n) is 7.80. The van der Waals surface area contributed by atoms with Crippen LogP contribution in [0, 0.1) is 0 Å². The van der Waals surface area contributed by atoms with Crippen LogP contribution < -0.4 is 15.8 Å². The van der Waals surface area contributed by atoms with Crippen LogP contribution in [0.3, 0.4) is 0 Å². The van der Waals surface area contributed by atoms with Crippen molar-refractivity contribution >= 4 is 11.4 Å². The molecule has 0 aliphatic rings. The fraction of sp³-hybridized carbons (Fsp3) is 0.100. The second-order valence-corrected chi connectivity index (χ2v) is 5.59. The molecule has 0 spiro atoms. The van der Waals surface area contributed by atoms with Gasteiger partial charge in [0.1, 0.15) is 11.5 Å². The van der Waals surface area contributed by atoms with Crippen LogP contribution in [-0.2, 0) is 0 Å². The number of para-hydroxylation sites is 3. The Labute approximate surface area is 141 Å². The highest BCUT2D eigenvalue weighted by atomic mass is 16.5. The number of nitrogen functional groups attached to an aromatic ring is 1. The van der Waals surface area contributed by atoms with E-state index in [1.165, 1.54) is 0 Å². The Morgan fingerprint density at radius 3 is 2.33 bits per heavy atom. The lowest BCUT2D eigenvalue weighted by molar-refractivity contribution is 0.465. The third kappa shape index (κ3) is 3.60. The Kier molecular flexibility index (Phi) is 4.57. The summed E-state index contributed by atoms with van der Waals surface area (Å²) < 4.78 is 5.93. The van der Waals surface area contributed by atoms with E-state index in [0.29, 0.717) is 11.5 Å². The van der Waals surface area contributed by atoms with Gasteiger partial charge in [0.25, 0.3) is 0 Å². The minimum absolute atomic E-state index is 0.0377. The van der Waals surface area contributed by atoms with E-state index < -0.39 is 0 Å². The van der Waals surface area contributed by atoms with E-state index in [4.69, 9.17) is 10.5 Å². The second kappa shape index (κ2) is 6.96. The van der Waals surface area contributed by atoms with Crippen molar-refractivity contribution in [3.8, 4) is 17.2 Å². The zero-order valence-electron chi connectivity index (χ0n) is 13.4. The lowest BCUT2D eigenvalue weighted by atomic mass is 10.1. The maximum absolute atomic E-state index is 9.37. The molecule has 122 valence electrons. The molecule has 0 fully saturated rings. The summed E-state index contributed by atoms with van der Waals surface area (Å²) in [5, 5.41) is 12.8. The van der Waals surface area contributed by atoms with Crippen molar-refractivity contribution in [1.29, 1.82) is 0 Å². The summed E-state index contributed by atoms with van der Waals surface area (Å²) >= 11 is 0. The average molecular weight is 320 g/mol. The molecule has 3 rings (SSSR count). The molecule has 0 aliphatic heterocycles. The van der Waals surface area contributed by atoms with Gasteiger partial charge in [-0.15, -0.1) is 0 Å². The van der Waals surface area contributed by atoms with Gasteiger partial charge >= 0.3 is 0 Å². The van der Waals surface area contributed by atoms with Crippen molar-refractivity contribution in [3.63, 3.8) is 0 Å². The van der Waals surface area contributed by atoms with Crippen molar-refractivity contribution < 1.29 is 9.84 Å². The number of rotatable bonds is 5. The third-order valence-corrected chi connectivity index (χ3v) is 3.79. The van der Waals surface area contributed by atoms with Gasteiger partial charge in [-0.25, -0.2) is 0 Å². The van der Waals surface area contributed by atoms with E-state index in [1.54, 1.807) is 24.3 Å². The topological polar surface area (TPSA) is 67.5 Å². The molecule has 0 heterocycles. The van der Waals surface area contributed by atoms with Crippen LogP contribution in [0.5, 0.6) is 17.2 Å². The molecular weight excluding hydrogens is 300 g/mol. The minimum atomic E-state index is 0.0377. The van der Waals surface area contributed by atoms with Gasteiger partial charge in [0.15, 0.2) is 5.75 Å². The van der Waals surface area contributed by atoms with E-state index >= 15 is 0 Å². The number of benzene rings is 3. The van der Waals surface area contributed by atoms with Crippen LogP contribution in [-0.4, -0.2) is 5.11 Å². The summed E-state index contributed by atoms with van der Waals surface area (Å²) in [6.45, 7) is 2.06. The van der Waals surface area contributed by atoms with Gasteiger partial charge in [-0.3, -0.25) is 0 Å². The first-order valence-corrected chi connectivity index (χ1v) is 7.80. The molecule has 3 aromatic rings. The number of anilines is 2. The molecule has 0 saturated carbocycles. The van der Waals surface area contributed by atoms with Crippen LogP contribution in [0.2, 0.25) is 0 Å². The van der Waals surface area contributed by atoms with Gasteiger partial charge in [-0.2, -0.15) is 0 Å². The minimum Gasteiger partial charge on any atom is -0.508 e. The first kappa shape index (κ1) is 15.7. The standard InChI is InChI=1S/C20H20N2O2/c1-14(17-6-2-3-7-18(17)21)22-19-8-4-5-9-20(19)24-16-12-10-15(23)11-13-16/h2-14,22-23H,21H2,1H3. The third-order valence-electron chi connectivity index (χ3n) is 3.79. The number of nitrogens with one attached hydrogen (secondary N) is 1. The number of hydrogen-bond acceptors (Lipinski definition) is 4. The second-order valence-electron chi connectivity index (χ2n) is 5.59. The molecule has 4 heteroatoms. The Hall–Kier alpha value is -3.14. The predicted molar refractivity (Wildman–Crippen MR) is 97.5 cm³/mol. The number of phenolic OH excluding ortho intramolecular Hbond substituents is 1. The van der Waals surface area contributed by atoms with Crippen molar-refractivity contribution in [2.45, 2.75) is 13.0 Å². The Bertz CT molecular complexity index is 816. The maximum Gasteiger partial charge on any atom is 0.150 e. The highest BCUT2D eigenvalue weighted by Gasteiger charge is 2.11. The van der Waals surface area contributed by atoms with Gasteiger partial charge in [-0.1, -0.05) is 30.3 Å². The van der Waals surface area contributed by atoms with Gasteiger partial charge < -0.3 is 20.9 Å². The van der Waals surface area contributed by atoms with Crippen LogP contribution in [0.4, 0.5) is 11.4 Å². The number of hydrogen-bond donors (Lipinski definition) is 3. The summed E-state index contributed by atoms with van der Waals surface area (Å²) in [5.41, 5.74) is 8.73. The van der Waals surface area contributed by atoms with Crippen LogP contribution >= 0.6 is 0 Å². The SMILES string of the molecule is CC(Nc1ccccc1Oc1ccc(O)cc1)c1ccccc1N. The molecule has 0 amide bonds. The molecule has 4 nitrogen and oxygen atoms in total. The fourth-order valence-electron chi connectivity index (χ4n) is 2.53. The smallest absolute Gasteiger partial charge is 0.150 e. The molecule has 0 saturated heterocycles. The summed E-state index contributed by atoms with van der Waals surface area (Å²) in [6, 6.07) is 22.2. The highest BCUT2D eigenvalue weighted by Crippen LogP contribution is 2.33. The summed E-state index contributed by atoms with van der Waals surface area (Å²) in [5.74, 6) is 1.58. The van der Waals surface area contributed by atoms with Gasteiger partial charge in [0, 0.05) is 5.69 Å². The molecule has 0 bridgehead atoms. The monoisotopic (exact) mass is 320 g/mol. The molecule has 1 atom stereocenters. The number of nitrogens with two attached hydrogens (primary N) is 1. The van der Waals surface area contributed by atoms with E-state index in [-0.39, 0.29) is 11.8 Å². The molecule has 0 aliphatic carbocycles. The lowest BCUT2D eigenvalue weighted by Crippen LogP contribution is -2.09. The van der Waals surface area contributed by atoms with Crippen molar-refractivity contribution in [2.75, 3.05) is 11.1 Å². The Balaban J connectivity index is 1.81. The fourth-order valence-corrected chi connectivity index (χ4v) is 2.53. The summed E-state index contributed by atoms with van der Waals surface area (Å²) in [6.07, 6.45) is 0. The molecule has 1 unspecified atom stereocenters. The largest absolute Gasteiger partial charge is 0.508 e. The first-order chi connectivity index (χ1) is 11.6. The van der Waals surface area contributed by atoms with Crippen LogP contribution in [0.15, 0.2) is 72.8 Å². The Morgan fingerprint density at radius 2 is 1.58 bits per heavy atom. The highest BCUT2D eigenvalue weighted by molar-refractivity contribution is 5.60. The van der Waals surface area contributed by atoms with Gasteiger partial charge in [0.2, 0.25) is 0 Å². The summed E-state index contributed by atoms with van der Waals surface area (Å²) in [4.78, 5) is 0. The quantitative estimate of drug-likeness (QED) is 0.582. The molecular formula is C20H20N2O2. The molecule has 0 radical (unpaired) electrons. The van der Waals surface area contributed by atoms with Crippen molar-refractivity contribution in [1.82, 2.24) is 0 Å². The number of aromatic hydroxyl groups is 1. The molecule has 0 aromatic heterocycles. The van der Waals surface area contributed by atoms with Crippen LogP contribution in [0.1, 0.15) is 18.5 Å². The molecule has 4 N–H and O–H groups in total. The lowest BCUT2D eigenvalue weighted by Gasteiger charge is -2.20. The maximum atomic E-state index is 9.37. The van der Waals surface area contributed by atoms with E-state index in [2.05, 4.69) is 12.2 Å². The van der Waals surface area contributed by atoms with Crippen molar-refractivity contribution in [2.24, 2.45) is 0 Å². The van der Waals surface area contributed by atoms with Gasteiger partial charge in [-0.05, 0) is 55.0 Å². The zero-order valence-corrected chi connectivity index (χ0v) is 13.4. The predicted octanol–water partition coefficient (Wildman–Crippen LogP) is 4.94. The van der Waals surface area contributed by atoms with Crippen molar-refractivity contribution in [3.05, 3.63) is 78.4 Å². The van der Waals surface area contributed by atoms with Crippen LogP contribution in [0.25, 0.3) is 0 Å². The van der Waals surface area contributed by atoms with E-state index in [9.17, 15) is 5.11 Å². The van der Waals surface area contributed by atoms with E-state index in [1.807, 2.05) is 48.5 Å². The average Bonchev–Trinajstić information content (AvgIpc) is 2.59. The van der Waals surface area contributed by atoms with E-state index in [0.717, 1.165) is 16.9 Å². The van der Waals surface area contributed by atoms with Gasteiger partial charge in [0.05, 0.1) is 11.7 Å². The molecule has 3 aromatic carbocycles. The Morgan fingerprint density at radius 1 is 0.917 bits per heavy atom. The number of ether oxygens (including phenoxy) is 1.